The fraction of sp³-hybridized carbons (Fsp3) is 0.643. The largest absolute Gasteiger partial charge is 0.314 e. The zero-order valence-corrected chi connectivity index (χ0v) is 11.1. The average molecular weight is 251 g/mol. The van der Waals surface area contributed by atoms with Crippen molar-refractivity contribution in [2.75, 3.05) is 6.54 Å². The average Bonchev–Trinajstić information content (AvgIpc) is 2.75. The summed E-state index contributed by atoms with van der Waals surface area (Å²) in [6.07, 6.45) is 8.66. The van der Waals surface area contributed by atoms with Crippen molar-refractivity contribution in [2.45, 2.75) is 51.0 Å². The summed E-state index contributed by atoms with van der Waals surface area (Å²) in [5.41, 5.74) is 0. The van der Waals surface area contributed by atoms with Gasteiger partial charge in [-0.1, -0.05) is 31.7 Å². The van der Waals surface area contributed by atoms with E-state index in [1.165, 1.54) is 38.5 Å². The summed E-state index contributed by atoms with van der Waals surface area (Å²) in [6, 6.07) is 4.50. The molecule has 2 nitrogen and oxygen atoms in total. The Kier molecular flexibility index (Phi) is 5.20. The van der Waals surface area contributed by atoms with E-state index in [9.17, 15) is 4.79 Å². The molecule has 1 N–H and O–H groups in total. The standard InChI is InChI=1S/C14H21NOS/c16-13(14-8-5-11-17-14)9-10-15-12-6-3-1-2-4-7-12/h5,8,11-12,15H,1-4,6-7,9-10H2. The van der Waals surface area contributed by atoms with Crippen LogP contribution in [0.4, 0.5) is 0 Å². The number of carbonyl (C=O) groups excluding carboxylic acids is 1. The molecule has 0 radical (unpaired) electrons. The van der Waals surface area contributed by atoms with Crippen molar-refractivity contribution in [3.05, 3.63) is 22.4 Å². The van der Waals surface area contributed by atoms with E-state index in [2.05, 4.69) is 5.32 Å². The quantitative estimate of drug-likeness (QED) is 0.639. The molecule has 0 spiro atoms. The molecule has 0 bridgehead atoms. The summed E-state index contributed by atoms with van der Waals surface area (Å²) >= 11 is 1.54. The van der Waals surface area contributed by atoms with Crippen LogP contribution in [0, 0.1) is 0 Å². The number of carbonyl (C=O) groups is 1. The third kappa shape index (κ3) is 4.25. The fourth-order valence-electron chi connectivity index (χ4n) is 2.43. The Balaban J connectivity index is 1.66. The predicted octanol–water partition coefficient (Wildman–Crippen LogP) is 3.63. The zero-order valence-electron chi connectivity index (χ0n) is 10.3. The minimum atomic E-state index is 0.279. The molecule has 1 saturated carbocycles. The number of hydrogen-bond donors (Lipinski definition) is 1. The number of Topliss-reactive ketones (excluding diaryl/α,β-unsaturated/α-hetero) is 1. The maximum absolute atomic E-state index is 11.8. The first-order valence-electron chi connectivity index (χ1n) is 6.66. The lowest BCUT2D eigenvalue weighted by atomic mass is 10.1. The van der Waals surface area contributed by atoms with Crippen LogP contribution in [0.2, 0.25) is 0 Å². The summed E-state index contributed by atoms with van der Waals surface area (Å²) < 4.78 is 0. The van der Waals surface area contributed by atoms with Gasteiger partial charge in [-0.25, -0.2) is 0 Å². The van der Waals surface area contributed by atoms with Crippen molar-refractivity contribution < 1.29 is 4.79 Å². The van der Waals surface area contributed by atoms with Gasteiger partial charge in [0.05, 0.1) is 4.88 Å². The van der Waals surface area contributed by atoms with E-state index in [0.29, 0.717) is 12.5 Å². The third-order valence-corrected chi connectivity index (χ3v) is 4.35. The molecule has 1 fully saturated rings. The SMILES string of the molecule is O=C(CCNC1CCCCCC1)c1cccs1. The molecule has 0 aromatic carbocycles. The predicted molar refractivity (Wildman–Crippen MR) is 72.8 cm³/mol. The lowest BCUT2D eigenvalue weighted by Crippen LogP contribution is -2.30. The van der Waals surface area contributed by atoms with E-state index in [1.54, 1.807) is 11.3 Å². The number of nitrogens with one attached hydrogen (secondary N) is 1. The molecular weight excluding hydrogens is 230 g/mol. The van der Waals surface area contributed by atoms with Gasteiger partial charge in [0, 0.05) is 19.0 Å². The highest BCUT2D eigenvalue weighted by molar-refractivity contribution is 7.12. The van der Waals surface area contributed by atoms with Gasteiger partial charge in [-0.3, -0.25) is 4.79 Å². The van der Waals surface area contributed by atoms with Gasteiger partial charge in [0.2, 0.25) is 0 Å². The van der Waals surface area contributed by atoms with Crippen LogP contribution in [0.25, 0.3) is 0 Å². The van der Waals surface area contributed by atoms with Crippen LogP contribution in [0.3, 0.4) is 0 Å². The Morgan fingerprint density at radius 1 is 1.29 bits per heavy atom. The molecular formula is C14H21NOS. The first-order valence-corrected chi connectivity index (χ1v) is 7.54. The van der Waals surface area contributed by atoms with E-state index < -0.39 is 0 Å². The van der Waals surface area contributed by atoms with E-state index >= 15 is 0 Å². The smallest absolute Gasteiger partial charge is 0.174 e. The van der Waals surface area contributed by atoms with Gasteiger partial charge in [-0.15, -0.1) is 11.3 Å². The molecule has 1 aliphatic carbocycles. The molecule has 0 saturated heterocycles. The van der Waals surface area contributed by atoms with Gasteiger partial charge in [0.25, 0.3) is 0 Å². The van der Waals surface area contributed by atoms with Crippen LogP contribution in [0.1, 0.15) is 54.6 Å². The molecule has 3 heteroatoms. The minimum absolute atomic E-state index is 0.279. The van der Waals surface area contributed by atoms with Crippen LogP contribution in [0.15, 0.2) is 17.5 Å². The monoisotopic (exact) mass is 251 g/mol. The summed E-state index contributed by atoms with van der Waals surface area (Å²) in [4.78, 5) is 12.7. The molecule has 94 valence electrons. The first-order chi connectivity index (χ1) is 8.36. The van der Waals surface area contributed by atoms with E-state index in [1.807, 2.05) is 17.5 Å². The Bertz CT molecular complexity index is 326. The second kappa shape index (κ2) is 6.92. The molecule has 0 unspecified atom stereocenters. The molecule has 1 aromatic heterocycles. The summed E-state index contributed by atoms with van der Waals surface area (Å²) in [6.45, 7) is 0.835. The van der Waals surface area contributed by atoms with Crippen LogP contribution >= 0.6 is 11.3 Å². The highest BCUT2D eigenvalue weighted by atomic mass is 32.1. The Morgan fingerprint density at radius 2 is 2.06 bits per heavy atom. The molecule has 1 aromatic rings. The first kappa shape index (κ1) is 12.8. The summed E-state index contributed by atoms with van der Waals surface area (Å²) in [5.74, 6) is 0.279. The highest BCUT2D eigenvalue weighted by Gasteiger charge is 2.12. The van der Waals surface area contributed by atoms with Crippen molar-refractivity contribution in [3.8, 4) is 0 Å². The molecule has 1 heterocycles. The van der Waals surface area contributed by atoms with Gasteiger partial charge in [-0.2, -0.15) is 0 Å². The maximum atomic E-state index is 11.8. The van der Waals surface area contributed by atoms with Gasteiger partial charge in [0.15, 0.2) is 5.78 Å². The normalized spacial score (nSPS) is 17.9. The Labute approximate surface area is 107 Å². The lowest BCUT2D eigenvalue weighted by molar-refractivity contribution is 0.0985. The van der Waals surface area contributed by atoms with Crippen molar-refractivity contribution in [1.29, 1.82) is 0 Å². The van der Waals surface area contributed by atoms with E-state index in [0.717, 1.165) is 11.4 Å². The van der Waals surface area contributed by atoms with Crippen LogP contribution < -0.4 is 5.32 Å². The molecule has 0 aliphatic heterocycles. The van der Waals surface area contributed by atoms with Gasteiger partial charge in [0.1, 0.15) is 0 Å². The van der Waals surface area contributed by atoms with Crippen LogP contribution in [0.5, 0.6) is 0 Å². The van der Waals surface area contributed by atoms with Crippen molar-refractivity contribution in [3.63, 3.8) is 0 Å². The lowest BCUT2D eigenvalue weighted by Gasteiger charge is -2.15. The second-order valence-corrected chi connectivity index (χ2v) is 5.74. The van der Waals surface area contributed by atoms with Crippen LogP contribution in [-0.4, -0.2) is 18.4 Å². The van der Waals surface area contributed by atoms with E-state index in [-0.39, 0.29) is 5.78 Å². The van der Waals surface area contributed by atoms with Gasteiger partial charge >= 0.3 is 0 Å². The third-order valence-electron chi connectivity index (χ3n) is 3.44. The fourth-order valence-corrected chi connectivity index (χ4v) is 3.13. The molecule has 2 rings (SSSR count). The summed E-state index contributed by atoms with van der Waals surface area (Å²) in [7, 11) is 0. The number of hydrogen-bond acceptors (Lipinski definition) is 3. The summed E-state index contributed by atoms with van der Waals surface area (Å²) in [5, 5.41) is 5.50. The van der Waals surface area contributed by atoms with Crippen molar-refractivity contribution >= 4 is 17.1 Å². The van der Waals surface area contributed by atoms with Crippen molar-refractivity contribution in [1.82, 2.24) is 5.32 Å². The van der Waals surface area contributed by atoms with Crippen molar-refractivity contribution in [2.24, 2.45) is 0 Å². The topological polar surface area (TPSA) is 29.1 Å². The number of thiophene rings is 1. The molecule has 1 aliphatic rings. The van der Waals surface area contributed by atoms with Crippen LogP contribution in [-0.2, 0) is 0 Å². The Hall–Kier alpha value is -0.670. The molecule has 17 heavy (non-hydrogen) atoms. The number of ketones is 1. The molecule has 0 amide bonds. The Morgan fingerprint density at radius 3 is 2.71 bits per heavy atom. The zero-order chi connectivity index (χ0) is 11.9. The van der Waals surface area contributed by atoms with Gasteiger partial charge in [-0.05, 0) is 24.3 Å². The highest BCUT2D eigenvalue weighted by Crippen LogP contribution is 2.17. The van der Waals surface area contributed by atoms with E-state index in [4.69, 9.17) is 0 Å². The number of rotatable bonds is 5. The maximum Gasteiger partial charge on any atom is 0.174 e. The van der Waals surface area contributed by atoms with Gasteiger partial charge < -0.3 is 5.32 Å². The minimum Gasteiger partial charge on any atom is -0.314 e. The molecule has 0 atom stereocenters. The second-order valence-electron chi connectivity index (χ2n) is 4.79.